The fourth-order valence-corrected chi connectivity index (χ4v) is 1.47. The minimum Gasteiger partial charge on any atom is -0.236 e. The Hall–Kier alpha value is -2.43. The van der Waals surface area contributed by atoms with E-state index in [0.717, 1.165) is 24.3 Å². The van der Waals surface area contributed by atoms with Crippen LogP contribution < -0.4 is 0 Å². The largest absolute Gasteiger partial charge is 4.00 e. The molecule has 27 heavy (non-hydrogen) atoms. The van der Waals surface area contributed by atoms with Crippen molar-refractivity contribution >= 4 is 0 Å². The third kappa shape index (κ3) is 14.4. The maximum Gasteiger partial charge on any atom is 4.00 e. The van der Waals surface area contributed by atoms with E-state index in [0.29, 0.717) is 0 Å². The van der Waals surface area contributed by atoms with Gasteiger partial charge in [0, 0.05) is 23.3 Å². The summed E-state index contributed by atoms with van der Waals surface area (Å²) in [6, 6.07) is 30.8. The molecule has 0 spiro atoms. The van der Waals surface area contributed by atoms with Gasteiger partial charge in [-0.05, 0) is 0 Å². The standard InChI is InChI=1S/2C6H3F2.2C5H5.Ti/c2*7-5-2-1-3-6(8)4-5;2*1-2-4-5-3-1;/h2*1-3H;2*1-5H;/q4*-1;+4. The van der Waals surface area contributed by atoms with Crippen molar-refractivity contribution in [2.75, 3.05) is 0 Å². The van der Waals surface area contributed by atoms with Gasteiger partial charge in [0.25, 0.3) is 0 Å². The van der Waals surface area contributed by atoms with Gasteiger partial charge in [-0.2, -0.15) is 48.5 Å². The normalized spacial score (nSPS) is 8.44. The van der Waals surface area contributed by atoms with Crippen molar-refractivity contribution in [3.63, 3.8) is 0 Å². The predicted octanol–water partition coefficient (Wildman–Crippen LogP) is 6.34. The molecule has 0 atom stereocenters. The molecule has 0 unspecified atom stereocenters. The minimum atomic E-state index is -0.662. The van der Waals surface area contributed by atoms with Crippen LogP contribution in [0.1, 0.15) is 0 Å². The van der Waals surface area contributed by atoms with E-state index in [1.54, 1.807) is 0 Å². The van der Waals surface area contributed by atoms with Gasteiger partial charge in [0.2, 0.25) is 0 Å². The summed E-state index contributed by atoms with van der Waals surface area (Å²) in [6.07, 6.45) is 0. The molecule has 0 heterocycles. The Morgan fingerprint density at radius 1 is 0.481 bits per heavy atom. The molecule has 4 rings (SSSR count). The summed E-state index contributed by atoms with van der Waals surface area (Å²) in [5.74, 6) is -2.65. The fraction of sp³-hybridized carbons (Fsp3) is 0. The van der Waals surface area contributed by atoms with Crippen molar-refractivity contribution in [2.45, 2.75) is 0 Å². The molecule has 0 N–H and O–H groups in total. The quantitative estimate of drug-likeness (QED) is 0.182. The fourth-order valence-electron chi connectivity index (χ4n) is 1.47. The number of halogens is 4. The summed E-state index contributed by atoms with van der Waals surface area (Å²) in [5, 5.41) is 0. The van der Waals surface area contributed by atoms with E-state index in [-0.39, 0.29) is 21.7 Å². The Labute approximate surface area is 171 Å². The second-order valence-electron chi connectivity index (χ2n) is 4.62. The van der Waals surface area contributed by atoms with E-state index < -0.39 is 23.3 Å². The van der Waals surface area contributed by atoms with Gasteiger partial charge in [-0.3, -0.25) is 0 Å². The van der Waals surface area contributed by atoms with Crippen LogP contribution in [-0.2, 0) is 21.7 Å². The number of hydrogen-bond donors (Lipinski definition) is 0. The zero-order chi connectivity index (χ0) is 19.0. The number of benzene rings is 2. The first kappa shape index (κ1) is 24.6. The molecule has 0 aromatic heterocycles. The van der Waals surface area contributed by atoms with Crippen LogP contribution in [0, 0.1) is 35.4 Å². The van der Waals surface area contributed by atoms with Gasteiger partial charge >= 0.3 is 21.7 Å². The van der Waals surface area contributed by atoms with E-state index in [9.17, 15) is 17.6 Å². The molecule has 0 bridgehead atoms. The molecule has 0 aliphatic heterocycles. The first-order valence-corrected chi connectivity index (χ1v) is 7.58. The SMILES string of the molecule is Fc1[c-]c(F)ccc1.Fc1[c-]c(F)ccc1.[Ti+4].c1cc[cH-]c1.c1cc[cH-]c1. The second kappa shape index (κ2) is 15.8. The monoisotopic (exact) mass is 404 g/mol. The molecule has 0 radical (unpaired) electrons. The summed E-state index contributed by atoms with van der Waals surface area (Å²) in [7, 11) is 0. The number of hydrogen-bond acceptors (Lipinski definition) is 0. The van der Waals surface area contributed by atoms with Crippen LogP contribution in [0.25, 0.3) is 0 Å². The molecule has 0 aliphatic carbocycles. The van der Waals surface area contributed by atoms with Gasteiger partial charge < -0.3 is 0 Å². The van der Waals surface area contributed by atoms with Crippen molar-refractivity contribution < 1.29 is 39.3 Å². The Bertz CT molecular complexity index is 658. The summed E-state index contributed by atoms with van der Waals surface area (Å²) in [4.78, 5) is 0. The van der Waals surface area contributed by atoms with Crippen molar-refractivity contribution in [2.24, 2.45) is 0 Å². The minimum absolute atomic E-state index is 0. The maximum absolute atomic E-state index is 11.9. The first-order valence-electron chi connectivity index (χ1n) is 7.58. The van der Waals surface area contributed by atoms with E-state index >= 15 is 0 Å². The van der Waals surface area contributed by atoms with Gasteiger partial charge in [0.05, 0.1) is 0 Å². The maximum atomic E-state index is 11.9. The second-order valence-corrected chi connectivity index (χ2v) is 4.62. The van der Waals surface area contributed by atoms with Crippen molar-refractivity contribution in [1.82, 2.24) is 0 Å². The van der Waals surface area contributed by atoms with Crippen LogP contribution in [0.2, 0.25) is 0 Å². The molecule has 0 nitrogen and oxygen atoms in total. The Kier molecular flexibility index (Phi) is 14.4. The molecule has 136 valence electrons. The van der Waals surface area contributed by atoms with Gasteiger partial charge in [-0.15, -0.1) is 36.4 Å². The van der Waals surface area contributed by atoms with Crippen LogP contribution >= 0.6 is 0 Å². The average Bonchev–Trinajstić information content (AvgIpc) is 3.34. The molecular weight excluding hydrogens is 388 g/mol. The molecular formula is C22H16F4Ti. The first-order chi connectivity index (χ1) is 12.6. The van der Waals surface area contributed by atoms with Crippen molar-refractivity contribution in [1.29, 1.82) is 0 Å². The van der Waals surface area contributed by atoms with Gasteiger partial charge in [0.1, 0.15) is 0 Å². The van der Waals surface area contributed by atoms with Crippen molar-refractivity contribution in [3.05, 3.63) is 132 Å². The van der Waals surface area contributed by atoms with E-state index in [1.165, 1.54) is 12.1 Å². The van der Waals surface area contributed by atoms with Crippen molar-refractivity contribution in [3.8, 4) is 0 Å². The van der Waals surface area contributed by atoms with Gasteiger partial charge in [0.15, 0.2) is 0 Å². The third-order valence-electron chi connectivity index (χ3n) is 2.56. The van der Waals surface area contributed by atoms with Gasteiger partial charge in [-0.1, -0.05) is 0 Å². The summed E-state index contributed by atoms with van der Waals surface area (Å²) in [5.41, 5.74) is 0. The van der Waals surface area contributed by atoms with E-state index in [4.69, 9.17) is 0 Å². The Morgan fingerprint density at radius 3 is 0.852 bits per heavy atom. The van der Waals surface area contributed by atoms with Gasteiger partial charge in [-0.25, -0.2) is 41.8 Å². The third-order valence-corrected chi connectivity index (χ3v) is 2.56. The molecule has 0 amide bonds. The summed E-state index contributed by atoms with van der Waals surface area (Å²) < 4.78 is 47.5. The number of rotatable bonds is 0. The Morgan fingerprint density at radius 2 is 0.741 bits per heavy atom. The van der Waals surface area contributed by atoms with Crippen LogP contribution in [-0.4, -0.2) is 0 Å². The summed E-state index contributed by atoms with van der Waals surface area (Å²) in [6.45, 7) is 0. The zero-order valence-electron chi connectivity index (χ0n) is 14.2. The zero-order valence-corrected chi connectivity index (χ0v) is 15.8. The molecule has 0 saturated carbocycles. The molecule has 4 aromatic rings. The molecule has 4 aromatic carbocycles. The van der Waals surface area contributed by atoms with E-state index in [1.807, 2.05) is 72.8 Å². The van der Waals surface area contributed by atoms with E-state index in [2.05, 4.69) is 0 Å². The molecule has 5 heteroatoms. The van der Waals surface area contributed by atoms with Crippen LogP contribution in [0.4, 0.5) is 17.6 Å². The summed E-state index contributed by atoms with van der Waals surface area (Å²) >= 11 is 0. The van der Waals surface area contributed by atoms with Crippen LogP contribution in [0.3, 0.4) is 0 Å². The predicted molar refractivity (Wildman–Crippen MR) is 94.5 cm³/mol. The molecule has 0 fully saturated rings. The smallest absolute Gasteiger partial charge is 0.236 e. The Balaban J connectivity index is 0.000000337. The topological polar surface area (TPSA) is 0 Å². The van der Waals surface area contributed by atoms with Crippen LogP contribution in [0.15, 0.2) is 97.1 Å². The molecule has 0 aliphatic rings. The molecule has 0 saturated heterocycles. The van der Waals surface area contributed by atoms with Crippen LogP contribution in [0.5, 0.6) is 0 Å². The average molecular weight is 404 g/mol.